The Kier molecular flexibility index (Phi) is 3.27. The molecule has 0 saturated carbocycles. The summed E-state index contributed by atoms with van der Waals surface area (Å²) in [5.41, 5.74) is 2.90. The monoisotopic (exact) mass is 275 g/mol. The summed E-state index contributed by atoms with van der Waals surface area (Å²) in [6, 6.07) is 4.61. The number of rotatable bonds is 3. The molecule has 1 aromatic carbocycles. The van der Waals surface area contributed by atoms with Crippen LogP contribution in [0.4, 0.5) is 18.9 Å². The molecule has 0 aliphatic heterocycles. The fourth-order valence-corrected chi connectivity index (χ4v) is 1.92. The van der Waals surface area contributed by atoms with E-state index in [1.165, 1.54) is 24.8 Å². The van der Waals surface area contributed by atoms with E-state index in [9.17, 15) is 18.0 Å². The number of benzene rings is 1. The van der Waals surface area contributed by atoms with Gasteiger partial charge in [0.25, 0.3) is 0 Å². The van der Waals surface area contributed by atoms with Crippen LogP contribution >= 0.6 is 0 Å². The normalized spacial score (nSPS) is 12.1. The second-order valence-electron chi connectivity index (χ2n) is 4.05. The lowest BCUT2D eigenvalue weighted by Crippen LogP contribution is -2.28. The molecule has 0 aliphatic rings. The van der Waals surface area contributed by atoms with Crippen molar-refractivity contribution in [2.75, 3.05) is 12.6 Å². The van der Waals surface area contributed by atoms with Gasteiger partial charge in [0.15, 0.2) is 0 Å². The van der Waals surface area contributed by atoms with E-state index in [4.69, 9.17) is 0 Å². The molecule has 0 saturated heterocycles. The van der Waals surface area contributed by atoms with Gasteiger partial charge < -0.3 is 0 Å². The van der Waals surface area contributed by atoms with Crippen molar-refractivity contribution in [3.63, 3.8) is 0 Å². The number of anilines is 1. The van der Waals surface area contributed by atoms with Crippen molar-refractivity contribution in [3.8, 4) is 0 Å². The van der Waals surface area contributed by atoms with E-state index in [0.29, 0.717) is 15.8 Å². The summed E-state index contributed by atoms with van der Waals surface area (Å²) in [4.78, 5) is 16.5. The SMILES string of the molecule is CONc1ccc2c(c1)n(CC(F)(F)F)c(=O)n2C. The van der Waals surface area contributed by atoms with E-state index < -0.39 is 18.4 Å². The Morgan fingerprint density at radius 1 is 1.32 bits per heavy atom. The first-order chi connectivity index (χ1) is 8.83. The highest BCUT2D eigenvalue weighted by atomic mass is 19.4. The number of aryl methyl sites for hydroxylation is 1. The molecule has 0 radical (unpaired) electrons. The van der Waals surface area contributed by atoms with E-state index >= 15 is 0 Å². The van der Waals surface area contributed by atoms with Crippen LogP contribution in [0.3, 0.4) is 0 Å². The number of nitrogens with zero attached hydrogens (tertiary/aromatic N) is 2. The summed E-state index contributed by atoms with van der Waals surface area (Å²) in [5, 5.41) is 0. The number of fused-ring (bicyclic) bond motifs is 1. The molecule has 0 fully saturated rings. The maximum atomic E-state index is 12.5. The predicted octanol–water partition coefficient (Wildman–Crippen LogP) is 1.88. The summed E-state index contributed by atoms with van der Waals surface area (Å²) < 4.78 is 39.4. The molecule has 0 atom stereocenters. The minimum atomic E-state index is -4.46. The largest absolute Gasteiger partial charge is 0.406 e. The lowest BCUT2D eigenvalue weighted by Gasteiger charge is -2.08. The molecule has 2 aromatic rings. The lowest BCUT2D eigenvalue weighted by atomic mass is 10.3. The van der Waals surface area contributed by atoms with Crippen molar-refractivity contribution in [2.24, 2.45) is 7.05 Å². The Bertz CT molecular complexity index is 657. The highest BCUT2D eigenvalue weighted by Crippen LogP contribution is 2.22. The van der Waals surface area contributed by atoms with Crippen LogP contribution in [-0.2, 0) is 18.4 Å². The number of imidazole rings is 1. The van der Waals surface area contributed by atoms with Gasteiger partial charge >= 0.3 is 11.9 Å². The first-order valence-electron chi connectivity index (χ1n) is 5.38. The smallest absolute Gasteiger partial charge is 0.295 e. The van der Waals surface area contributed by atoms with Crippen molar-refractivity contribution in [2.45, 2.75) is 12.7 Å². The molecule has 1 N–H and O–H groups in total. The molecule has 0 spiro atoms. The van der Waals surface area contributed by atoms with Gasteiger partial charge in [-0.3, -0.25) is 19.5 Å². The van der Waals surface area contributed by atoms with E-state index in [-0.39, 0.29) is 5.52 Å². The van der Waals surface area contributed by atoms with Gasteiger partial charge in [-0.1, -0.05) is 0 Å². The molecule has 0 unspecified atom stereocenters. The second kappa shape index (κ2) is 4.61. The van der Waals surface area contributed by atoms with E-state index in [2.05, 4.69) is 10.3 Å². The fraction of sp³-hybridized carbons (Fsp3) is 0.364. The van der Waals surface area contributed by atoms with Crippen LogP contribution in [0.2, 0.25) is 0 Å². The second-order valence-corrected chi connectivity index (χ2v) is 4.05. The molecule has 5 nitrogen and oxygen atoms in total. The Morgan fingerprint density at radius 3 is 2.58 bits per heavy atom. The van der Waals surface area contributed by atoms with Crippen molar-refractivity contribution in [1.29, 1.82) is 0 Å². The minimum Gasteiger partial charge on any atom is -0.295 e. The Labute approximate surface area is 106 Å². The van der Waals surface area contributed by atoms with Gasteiger partial charge in [0.05, 0.1) is 23.8 Å². The molecule has 8 heteroatoms. The van der Waals surface area contributed by atoms with E-state index in [1.807, 2.05) is 0 Å². The quantitative estimate of drug-likeness (QED) is 0.870. The summed E-state index contributed by atoms with van der Waals surface area (Å²) in [7, 11) is 2.82. The Hall–Kier alpha value is -1.96. The van der Waals surface area contributed by atoms with Gasteiger partial charge in [-0.15, -0.1) is 0 Å². The van der Waals surface area contributed by atoms with Crippen LogP contribution in [0.5, 0.6) is 0 Å². The van der Waals surface area contributed by atoms with Crippen molar-refractivity contribution in [3.05, 3.63) is 28.7 Å². The molecule has 1 aromatic heterocycles. The average molecular weight is 275 g/mol. The molecule has 0 amide bonds. The van der Waals surface area contributed by atoms with Gasteiger partial charge in [0.2, 0.25) is 0 Å². The van der Waals surface area contributed by atoms with Crippen LogP contribution in [0.15, 0.2) is 23.0 Å². The first kappa shape index (κ1) is 13.5. The van der Waals surface area contributed by atoms with Crippen LogP contribution in [-0.4, -0.2) is 22.4 Å². The molecule has 1 heterocycles. The zero-order chi connectivity index (χ0) is 14.2. The molecular formula is C11H12F3N3O2. The molecule has 104 valence electrons. The minimum absolute atomic E-state index is 0.201. The predicted molar refractivity (Wildman–Crippen MR) is 63.9 cm³/mol. The van der Waals surface area contributed by atoms with Crippen molar-refractivity contribution >= 4 is 16.7 Å². The summed E-state index contributed by atoms with van der Waals surface area (Å²) >= 11 is 0. The zero-order valence-corrected chi connectivity index (χ0v) is 10.3. The molecule has 2 rings (SSSR count). The lowest BCUT2D eigenvalue weighted by molar-refractivity contribution is -0.140. The summed E-state index contributed by atoms with van der Waals surface area (Å²) in [6.45, 7) is -1.32. The number of hydrogen-bond acceptors (Lipinski definition) is 3. The molecule has 19 heavy (non-hydrogen) atoms. The number of alkyl halides is 3. The number of aromatic nitrogens is 2. The molecule has 0 bridgehead atoms. The van der Waals surface area contributed by atoms with E-state index in [1.54, 1.807) is 12.1 Å². The fourth-order valence-electron chi connectivity index (χ4n) is 1.92. The highest BCUT2D eigenvalue weighted by molar-refractivity contribution is 5.80. The molecular weight excluding hydrogens is 263 g/mol. The Balaban J connectivity index is 2.63. The van der Waals surface area contributed by atoms with Crippen LogP contribution in [0, 0.1) is 0 Å². The Morgan fingerprint density at radius 2 is 2.00 bits per heavy atom. The van der Waals surface area contributed by atoms with Crippen molar-refractivity contribution in [1.82, 2.24) is 9.13 Å². The van der Waals surface area contributed by atoms with Gasteiger partial charge in [-0.2, -0.15) is 13.2 Å². The summed E-state index contributed by atoms with van der Waals surface area (Å²) in [6.07, 6.45) is -4.46. The number of nitrogens with one attached hydrogen (secondary N) is 1. The third-order valence-electron chi connectivity index (χ3n) is 2.70. The number of halogens is 3. The number of hydrogen-bond donors (Lipinski definition) is 1. The maximum absolute atomic E-state index is 12.5. The van der Waals surface area contributed by atoms with Gasteiger partial charge in [0.1, 0.15) is 6.54 Å². The summed E-state index contributed by atoms with van der Waals surface area (Å²) in [5.74, 6) is 0. The van der Waals surface area contributed by atoms with Crippen LogP contribution in [0.25, 0.3) is 11.0 Å². The molecule has 0 aliphatic carbocycles. The van der Waals surface area contributed by atoms with Gasteiger partial charge in [0, 0.05) is 7.05 Å². The zero-order valence-electron chi connectivity index (χ0n) is 10.3. The third kappa shape index (κ3) is 2.58. The average Bonchev–Trinajstić information content (AvgIpc) is 2.53. The highest BCUT2D eigenvalue weighted by Gasteiger charge is 2.30. The van der Waals surface area contributed by atoms with Crippen LogP contribution < -0.4 is 11.2 Å². The van der Waals surface area contributed by atoms with E-state index in [0.717, 1.165) is 0 Å². The van der Waals surface area contributed by atoms with Crippen molar-refractivity contribution < 1.29 is 18.0 Å². The van der Waals surface area contributed by atoms with Gasteiger partial charge in [-0.05, 0) is 18.2 Å². The standard InChI is InChI=1S/C11H12F3N3O2/c1-16-8-4-3-7(15-19-2)5-9(8)17(10(16)18)6-11(12,13)14/h3-5,15H,6H2,1-2H3. The first-order valence-corrected chi connectivity index (χ1v) is 5.38. The maximum Gasteiger partial charge on any atom is 0.406 e. The topological polar surface area (TPSA) is 48.2 Å². The van der Waals surface area contributed by atoms with Gasteiger partial charge in [-0.25, -0.2) is 4.79 Å². The van der Waals surface area contributed by atoms with Crippen LogP contribution in [0.1, 0.15) is 0 Å². The third-order valence-corrected chi connectivity index (χ3v) is 2.70.